The van der Waals surface area contributed by atoms with Crippen molar-refractivity contribution in [2.24, 2.45) is 5.73 Å². The van der Waals surface area contributed by atoms with Gasteiger partial charge in [0.1, 0.15) is 0 Å². The van der Waals surface area contributed by atoms with Crippen molar-refractivity contribution in [3.8, 4) is 0 Å². The molecular formula is C12H17NO2S. The highest BCUT2D eigenvalue weighted by Gasteiger charge is 2.36. The van der Waals surface area contributed by atoms with Gasteiger partial charge in [-0.25, -0.2) is 8.42 Å². The van der Waals surface area contributed by atoms with Crippen molar-refractivity contribution in [2.75, 3.05) is 6.26 Å². The second-order valence-electron chi connectivity index (χ2n) is 4.66. The first-order valence-corrected chi connectivity index (χ1v) is 7.40. The highest BCUT2D eigenvalue weighted by Crippen LogP contribution is 2.38. The van der Waals surface area contributed by atoms with Gasteiger partial charge in [-0.15, -0.1) is 0 Å². The van der Waals surface area contributed by atoms with E-state index in [0.29, 0.717) is 6.42 Å². The van der Waals surface area contributed by atoms with E-state index in [1.807, 2.05) is 24.3 Å². The summed E-state index contributed by atoms with van der Waals surface area (Å²) in [7, 11) is -3.08. The lowest BCUT2D eigenvalue weighted by Gasteiger charge is -2.33. The number of nitrogens with two attached hydrogens (primary N) is 1. The zero-order valence-corrected chi connectivity index (χ0v) is 10.4. The number of rotatable bonds is 1. The molecule has 1 aliphatic carbocycles. The lowest BCUT2D eigenvalue weighted by molar-refractivity contribution is 0.491. The maximum Gasteiger partial charge on any atom is 0.152 e. The Bertz CT molecular complexity index is 495. The Labute approximate surface area is 96.6 Å². The largest absolute Gasteiger partial charge is 0.323 e. The third-order valence-corrected chi connectivity index (χ3v) is 5.01. The summed E-state index contributed by atoms with van der Waals surface area (Å²) in [5.74, 6) is 0.260. The van der Waals surface area contributed by atoms with E-state index in [4.69, 9.17) is 5.73 Å². The third-order valence-electron chi connectivity index (χ3n) is 3.42. The number of sulfone groups is 1. The smallest absolute Gasteiger partial charge is 0.152 e. The number of fused-ring (bicyclic) bond motifs is 1. The quantitative estimate of drug-likeness (QED) is 0.810. The summed E-state index contributed by atoms with van der Waals surface area (Å²) in [4.78, 5) is 0. The van der Waals surface area contributed by atoms with Crippen LogP contribution in [0.5, 0.6) is 0 Å². The third kappa shape index (κ3) is 1.87. The molecule has 3 unspecified atom stereocenters. The van der Waals surface area contributed by atoms with Crippen molar-refractivity contribution in [3.05, 3.63) is 35.4 Å². The molecule has 3 nitrogen and oxygen atoms in total. The summed E-state index contributed by atoms with van der Waals surface area (Å²) in [5.41, 5.74) is 8.23. The minimum Gasteiger partial charge on any atom is -0.323 e. The summed E-state index contributed by atoms with van der Waals surface area (Å²) in [6.45, 7) is 2.06. The monoisotopic (exact) mass is 239 g/mol. The van der Waals surface area contributed by atoms with Gasteiger partial charge in [0.05, 0.1) is 5.25 Å². The fourth-order valence-electron chi connectivity index (χ4n) is 2.53. The molecule has 0 amide bonds. The second kappa shape index (κ2) is 3.86. The molecule has 0 spiro atoms. The van der Waals surface area contributed by atoms with Crippen LogP contribution < -0.4 is 5.73 Å². The summed E-state index contributed by atoms with van der Waals surface area (Å²) in [6.07, 6.45) is 1.90. The van der Waals surface area contributed by atoms with E-state index < -0.39 is 15.1 Å². The molecule has 0 saturated carbocycles. The van der Waals surface area contributed by atoms with Crippen LogP contribution >= 0.6 is 0 Å². The first-order chi connectivity index (χ1) is 7.41. The van der Waals surface area contributed by atoms with Gasteiger partial charge in [0.15, 0.2) is 9.84 Å². The van der Waals surface area contributed by atoms with Crippen LogP contribution in [0.15, 0.2) is 24.3 Å². The van der Waals surface area contributed by atoms with E-state index in [1.165, 1.54) is 11.8 Å². The topological polar surface area (TPSA) is 60.2 Å². The average molecular weight is 239 g/mol. The maximum atomic E-state index is 11.7. The Kier molecular flexibility index (Phi) is 2.80. The lowest BCUT2D eigenvalue weighted by Crippen LogP contribution is -2.38. The molecule has 3 atom stereocenters. The Morgan fingerprint density at radius 1 is 1.25 bits per heavy atom. The molecular weight excluding hydrogens is 222 g/mol. The van der Waals surface area contributed by atoms with Crippen LogP contribution in [0.4, 0.5) is 0 Å². The zero-order chi connectivity index (χ0) is 11.9. The SMILES string of the molecule is CC1CC(S(C)(=O)=O)C(N)c2ccccc21. The van der Waals surface area contributed by atoms with Crippen LogP contribution in [0, 0.1) is 0 Å². The van der Waals surface area contributed by atoms with Gasteiger partial charge < -0.3 is 5.73 Å². The van der Waals surface area contributed by atoms with E-state index in [0.717, 1.165) is 5.56 Å². The van der Waals surface area contributed by atoms with Crippen LogP contribution in [0.1, 0.15) is 36.4 Å². The Morgan fingerprint density at radius 2 is 1.81 bits per heavy atom. The van der Waals surface area contributed by atoms with E-state index in [2.05, 4.69) is 6.92 Å². The summed E-state index contributed by atoms with van der Waals surface area (Å²) in [6, 6.07) is 7.48. The highest BCUT2D eigenvalue weighted by molar-refractivity contribution is 7.91. The second-order valence-corrected chi connectivity index (χ2v) is 6.92. The van der Waals surface area contributed by atoms with E-state index in [1.54, 1.807) is 0 Å². The molecule has 2 rings (SSSR count). The van der Waals surface area contributed by atoms with E-state index in [-0.39, 0.29) is 12.0 Å². The van der Waals surface area contributed by atoms with Crippen LogP contribution in [0.2, 0.25) is 0 Å². The van der Waals surface area contributed by atoms with Crippen LogP contribution in [-0.2, 0) is 9.84 Å². The molecule has 16 heavy (non-hydrogen) atoms. The predicted octanol–water partition coefficient (Wildman–Crippen LogP) is 1.61. The predicted molar refractivity (Wildman–Crippen MR) is 65.0 cm³/mol. The van der Waals surface area contributed by atoms with Crippen molar-refractivity contribution in [2.45, 2.75) is 30.6 Å². The van der Waals surface area contributed by atoms with Gasteiger partial charge in [0.25, 0.3) is 0 Å². The Morgan fingerprint density at radius 3 is 2.38 bits per heavy atom. The molecule has 0 fully saturated rings. The normalized spacial score (nSPS) is 29.8. The maximum absolute atomic E-state index is 11.7. The van der Waals surface area contributed by atoms with Crippen LogP contribution in [0.25, 0.3) is 0 Å². The lowest BCUT2D eigenvalue weighted by atomic mass is 9.81. The molecule has 0 aliphatic heterocycles. The minimum atomic E-state index is -3.08. The number of hydrogen-bond acceptors (Lipinski definition) is 3. The molecule has 2 N–H and O–H groups in total. The van der Waals surface area contributed by atoms with Gasteiger partial charge in [-0.1, -0.05) is 31.2 Å². The van der Waals surface area contributed by atoms with Gasteiger partial charge in [-0.2, -0.15) is 0 Å². The molecule has 0 radical (unpaired) electrons. The van der Waals surface area contributed by atoms with Gasteiger partial charge in [-0.05, 0) is 23.5 Å². The fourth-order valence-corrected chi connectivity index (χ4v) is 3.84. The molecule has 0 bridgehead atoms. The molecule has 1 aromatic carbocycles. The number of benzene rings is 1. The fraction of sp³-hybridized carbons (Fsp3) is 0.500. The summed E-state index contributed by atoms with van der Waals surface area (Å²) in [5, 5.41) is -0.447. The summed E-state index contributed by atoms with van der Waals surface area (Å²) >= 11 is 0. The Balaban J connectivity index is 2.50. The van der Waals surface area contributed by atoms with E-state index >= 15 is 0 Å². The van der Waals surface area contributed by atoms with Crippen molar-refractivity contribution in [1.29, 1.82) is 0 Å². The summed E-state index contributed by atoms with van der Waals surface area (Å²) < 4.78 is 23.3. The standard InChI is InChI=1S/C12H17NO2S/c1-8-7-11(16(2,14)15)12(13)10-6-4-3-5-9(8)10/h3-6,8,11-12H,7,13H2,1-2H3. The number of hydrogen-bond donors (Lipinski definition) is 1. The van der Waals surface area contributed by atoms with Gasteiger partial charge in [-0.3, -0.25) is 0 Å². The van der Waals surface area contributed by atoms with Crippen molar-refractivity contribution >= 4 is 9.84 Å². The van der Waals surface area contributed by atoms with Gasteiger partial charge in [0, 0.05) is 12.3 Å². The van der Waals surface area contributed by atoms with Crippen LogP contribution in [-0.4, -0.2) is 19.9 Å². The zero-order valence-electron chi connectivity index (χ0n) is 9.55. The first-order valence-electron chi connectivity index (χ1n) is 5.44. The highest BCUT2D eigenvalue weighted by atomic mass is 32.2. The minimum absolute atomic E-state index is 0.260. The van der Waals surface area contributed by atoms with Crippen molar-refractivity contribution in [3.63, 3.8) is 0 Å². The van der Waals surface area contributed by atoms with Crippen molar-refractivity contribution in [1.82, 2.24) is 0 Å². The van der Waals surface area contributed by atoms with E-state index in [9.17, 15) is 8.42 Å². The molecule has 0 saturated heterocycles. The molecule has 1 aromatic rings. The molecule has 0 aromatic heterocycles. The molecule has 4 heteroatoms. The first kappa shape index (κ1) is 11.6. The van der Waals surface area contributed by atoms with Crippen LogP contribution in [0.3, 0.4) is 0 Å². The van der Waals surface area contributed by atoms with Gasteiger partial charge in [0.2, 0.25) is 0 Å². The molecule has 1 aliphatic rings. The average Bonchev–Trinajstić information content (AvgIpc) is 2.22. The Hall–Kier alpha value is -0.870. The van der Waals surface area contributed by atoms with Gasteiger partial charge >= 0.3 is 0 Å². The molecule has 88 valence electrons. The van der Waals surface area contributed by atoms with Crippen molar-refractivity contribution < 1.29 is 8.42 Å². The molecule has 0 heterocycles.